The van der Waals surface area contributed by atoms with E-state index >= 15 is 0 Å². The molecule has 6 rings (SSSR count). The summed E-state index contributed by atoms with van der Waals surface area (Å²) >= 11 is 0. The second-order valence-corrected chi connectivity index (χ2v) is 19.1. The van der Waals surface area contributed by atoms with Gasteiger partial charge in [-0.25, -0.2) is 19.9 Å². The average molecular weight is 1080 g/mol. The Morgan fingerprint density at radius 2 is 0.769 bits per heavy atom. The van der Waals surface area contributed by atoms with Crippen molar-refractivity contribution < 1.29 is 38.4 Å². The van der Waals surface area contributed by atoms with Crippen molar-refractivity contribution in [2.45, 2.75) is 64.5 Å². The summed E-state index contributed by atoms with van der Waals surface area (Å²) in [6, 6.07) is 3.08. The number of imidazole rings is 4. The molecule has 0 fully saturated rings. The molecule has 0 aromatic carbocycles. The Labute approximate surface area is 450 Å². The van der Waals surface area contributed by atoms with E-state index in [9.17, 15) is 38.4 Å². The van der Waals surface area contributed by atoms with Gasteiger partial charge in [-0.05, 0) is 79.1 Å². The zero-order valence-electron chi connectivity index (χ0n) is 45.3. The zero-order chi connectivity index (χ0) is 56.5. The normalized spacial score (nSPS) is 11.2. The minimum absolute atomic E-state index is 0.0273. The first-order valence-corrected chi connectivity index (χ1v) is 25.4. The number of nitrogens with one attached hydrogen (secondary N) is 8. The van der Waals surface area contributed by atoms with Crippen LogP contribution in [0.15, 0.2) is 49.3 Å². The van der Waals surface area contributed by atoms with Crippen LogP contribution in [0.2, 0.25) is 0 Å². The Balaban J connectivity index is 1.08. The first-order chi connectivity index (χ1) is 37.3. The van der Waals surface area contributed by atoms with E-state index in [1.165, 1.54) is 42.8 Å². The van der Waals surface area contributed by atoms with Crippen molar-refractivity contribution in [3.8, 4) is 0 Å². The second kappa shape index (κ2) is 27.7. The Kier molecular flexibility index (Phi) is 20.8. The van der Waals surface area contributed by atoms with E-state index in [-0.39, 0.29) is 69.8 Å². The molecule has 8 N–H and O–H groups in total. The van der Waals surface area contributed by atoms with Crippen LogP contribution in [0.3, 0.4) is 0 Å². The van der Waals surface area contributed by atoms with Gasteiger partial charge in [0.05, 0.1) is 11.4 Å². The van der Waals surface area contributed by atoms with Crippen molar-refractivity contribution in [1.82, 2.24) is 67.8 Å². The van der Waals surface area contributed by atoms with Crippen LogP contribution in [0.25, 0.3) is 0 Å². The Bertz CT molecular complexity index is 2880. The number of rotatable bonds is 31. The lowest BCUT2D eigenvalue weighted by atomic mass is 10.1. The molecule has 78 heavy (non-hydrogen) atoms. The van der Waals surface area contributed by atoms with Crippen LogP contribution < -0.4 is 42.5 Å². The van der Waals surface area contributed by atoms with Crippen molar-refractivity contribution in [3.63, 3.8) is 0 Å². The number of anilines is 6. The SMILES string of the molecule is CN(C)CCCNC(=O)c1nc(NC(=O)c2cc(NC(=O)c3nc(NC=O)cn3C)cn2CCCCCCCCn2cc(NC(=O)c3nc(NC=O)cn3C)cc2C(=O)Nc2cn(C)c(C(=O)NCCCN(C)C)n2)cn1C. The van der Waals surface area contributed by atoms with Gasteiger partial charge in [0.25, 0.3) is 35.4 Å². The maximum absolute atomic E-state index is 13.9. The number of carbonyl (C=O) groups is 8. The summed E-state index contributed by atoms with van der Waals surface area (Å²) in [5.41, 5.74) is 1.12. The molecule has 6 aromatic heterocycles. The summed E-state index contributed by atoms with van der Waals surface area (Å²) in [6.07, 6.45) is 16.4. The topological polar surface area (TPSA) is 320 Å². The van der Waals surface area contributed by atoms with Gasteiger partial charge in [0.2, 0.25) is 36.1 Å². The number of hydrogen-bond donors (Lipinski definition) is 8. The van der Waals surface area contributed by atoms with Crippen LogP contribution in [0.5, 0.6) is 0 Å². The molecule has 6 heterocycles. The molecule has 28 nitrogen and oxygen atoms in total. The summed E-state index contributed by atoms with van der Waals surface area (Å²) in [4.78, 5) is 123. The van der Waals surface area contributed by atoms with Crippen molar-refractivity contribution in [1.29, 1.82) is 0 Å². The van der Waals surface area contributed by atoms with Crippen molar-refractivity contribution >= 4 is 82.9 Å². The van der Waals surface area contributed by atoms with Crippen molar-refractivity contribution in [3.05, 3.63) is 84.0 Å². The second-order valence-electron chi connectivity index (χ2n) is 19.1. The molecule has 6 aromatic rings. The third-order valence-corrected chi connectivity index (χ3v) is 12.2. The molecule has 0 unspecified atom stereocenters. The molecule has 0 saturated carbocycles. The van der Waals surface area contributed by atoms with Gasteiger partial charge in [-0.2, -0.15) is 0 Å². The summed E-state index contributed by atoms with van der Waals surface area (Å²) in [5.74, 6) is -1.90. The van der Waals surface area contributed by atoms with Crippen LogP contribution in [0.1, 0.15) is 115 Å². The van der Waals surface area contributed by atoms with E-state index < -0.39 is 23.6 Å². The number of hydrogen-bond acceptors (Lipinski definition) is 14. The summed E-state index contributed by atoms with van der Waals surface area (Å²) in [5, 5.41) is 21.7. The van der Waals surface area contributed by atoms with E-state index in [2.05, 4.69) is 62.5 Å². The number of amides is 8. The van der Waals surface area contributed by atoms with Gasteiger partial charge in [-0.1, -0.05) is 25.7 Å². The van der Waals surface area contributed by atoms with Gasteiger partial charge in [0, 0.05) is 91.6 Å². The summed E-state index contributed by atoms with van der Waals surface area (Å²) in [6.45, 7) is 3.34. The molecule has 0 aliphatic carbocycles. The van der Waals surface area contributed by atoms with Crippen molar-refractivity contribution in [2.75, 3.05) is 86.3 Å². The Morgan fingerprint density at radius 3 is 1.13 bits per heavy atom. The fourth-order valence-corrected chi connectivity index (χ4v) is 8.36. The number of nitrogens with zero attached hydrogens (tertiary/aromatic N) is 12. The van der Waals surface area contributed by atoms with Gasteiger partial charge < -0.3 is 79.7 Å². The van der Waals surface area contributed by atoms with E-state index in [0.717, 1.165) is 51.6 Å². The lowest BCUT2D eigenvalue weighted by molar-refractivity contribution is -0.106. The highest BCUT2D eigenvalue weighted by atomic mass is 16.2. The minimum atomic E-state index is -0.567. The molecule has 0 saturated heterocycles. The van der Waals surface area contributed by atoms with Crippen LogP contribution >= 0.6 is 0 Å². The van der Waals surface area contributed by atoms with Crippen molar-refractivity contribution in [2.24, 2.45) is 28.2 Å². The molecule has 0 aliphatic heterocycles. The molecule has 0 atom stereocenters. The highest BCUT2D eigenvalue weighted by molar-refractivity contribution is 6.07. The quantitative estimate of drug-likeness (QED) is 0.0229. The molecule has 0 bridgehead atoms. The Morgan fingerprint density at radius 1 is 0.436 bits per heavy atom. The zero-order valence-corrected chi connectivity index (χ0v) is 45.3. The fraction of sp³-hybridized carbons (Fsp3) is 0.440. The summed E-state index contributed by atoms with van der Waals surface area (Å²) in [7, 11) is 14.3. The van der Waals surface area contributed by atoms with Crippen LogP contribution in [0, 0.1) is 0 Å². The van der Waals surface area contributed by atoms with E-state index in [4.69, 9.17) is 0 Å². The van der Waals surface area contributed by atoms with Crippen LogP contribution in [-0.2, 0) is 50.9 Å². The maximum atomic E-state index is 13.9. The molecule has 0 radical (unpaired) electrons. The number of carbonyl (C=O) groups excluding carboxylic acids is 8. The van der Waals surface area contributed by atoms with E-state index in [0.29, 0.717) is 63.2 Å². The smallest absolute Gasteiger partial charge is 0.291 e. The lowest BCUT2D eigenvalue weighted by Gasteiger charge is -2.10. The highest BCUT2D eigenvalue weighted by Crippen LogP contribution is 2.22. The molecular weight excluding hydrogens is 1010 g/mol. The van der Waals surface area contributed by atoms with Crippen LogP contribution in [-0.4, -0.2) is 160 Å². The van der Waals surface area contributed by atoms with E-state index in [1.54, 1.807) is 62.1 Å². The standard InChI is InChI=1S/C50H70N20O8/c1-63(2)19-15-17-51-47(75)41-59-39(29-67(41)7)61-45(73)35-23-33(55-49(77)43-57-37(53-31-71)27-65(43)5)25-69(35)21-13-11-9-10-12-14-22-70-26-34(56-50(78)44-58-38(54-32-72)28-66(44)6)24-36(70)46(74)62-40-30-68(8)42(60-40)48(76)52-18-16-20-64(3)4/h23-32H,9-22H2,1-8H3,(H,51,75)(H,52,76)(H,53,71)(H,54,72)(H,55,77)(H,56,78)(H,61,73)(H,62,74). The molecule has 8 amide bonds. The molecule has 418 valence electrons. The molecule has 0 aliphatic rings. The molecule has 0 spiro atoms. The van der Waals surface area contributed by atoms with E-state index in [1.807, 2.05) is 38.0 Å². The number of aromatic nitrogens is 10. The first kappa shape index (κ1) is 58.3. The number of aryl methyl sites for hydroxylation is 6. The van der Waals surface area contributed by atoms with Gasteiger partial charge in [0.1, 0.15) is 11.4 Å². The monoisotopic (exact) mass is 1080 g/mol. The minimum Gasteiger partial charge on any atom is -0.349 e. The van der Waals surface area contributed by atoms with Gasteiger partial charge >= 0.3 is 0 Å². The first-order valence-electron chi connectivity index (χ1n) is 25.4. The Hall–Kier alpha value is -8.92. The predicted molar refractivity (Wildman–Crippen MR) is 292 cm³/mol. The molecule has 28 heteroatoms. The largest absolute Gasteiger partial charge is 0.349 e. The number of unbranched alkanes of at least 4 members (excludes halogenated alkanes) is 5. The van der Waals surface area contributed by atoms with Gasteiger partial charge in [-0.15, -0.1) is 0 Å². The van der Waals surface area contributed by atoms with Crippen LogP contribution in [0.4, 0.5) is 34.6 Å². The average Bonchev–Trinajstić information content (AvgIpc) is 4.27. The van der Waals surface area contributed by atoms with Gasteiger partial charge in [0.15, 0.2) is 23.3 Å². The fourth-order valence-electron chi connectivity index (χ4n) is 8.36. The molecular formula is C50H70N20O8. The third kappa shape index (κ3) is 16.3. The van der Waals surface area contributed by atoms with Gasteiger partial charge in [-0.3, -0.25) is 38.4 Å². The highest BCUT2D eigenvalue weighted by Gasteiger charge is 2.23. The maximum Gasteiger partial charge on any atom is 0.291 e. The predicted octanol–water partition coefficient (Wildman–Crippen LogP) is 2.77. The third-order valence-electron chi connectivity index (χ3n) is 12.2. The lowest BCUT2D eigenvalue weighted by Crippen LogP contribution is -2.29. The summed E-state index contributed by atoms with van der Waals surface area (Å²) < 4.78 is 9.46.